The summed E-state index contributed by atoms with van der Waals surface area (Å²) in [5.41, 5.74) is 4.87. The standard InChI is InChI=1S/C17H24N2O/c1-13-17(14(2)19(3)18-13)12-11-16(20)10-9-15-7-5-4-6-8-15/h4-8,16,20H,9-12H2,1-3H3. The summed E-state index contributed by atoms with van der Waals surface area (Å²) < 4.78 is 1.92. The number of hydrogen-bond donors (Lipinski definition) is 1. The van der Waals surface area contributed by atoms with E-state index in [0.717, 1.165) is 31.4 Å². The summed E-state index contributed by atoms with van der Waals surface area (Å²) in [6, 6.07) is 10.3. The topological polar surface area (TPSA) is 38.0 Å². The van der Waals surface area contributed by atoms with Crippen LogP contribution in [0.25, 0.3) is 0 Å². The van der Waals surface area contributed by atoms with Gasteiger partial charge >= 0.3 is 0 Å². The fraction of sp³-hybridized carbons (Fsp3) is 0.471. The first-order valence-corrected chi connectivity index (χ1v) is 7.29. The first-order chi connectivity index (χ1) is 9.58. The van der Waals surface area contributed by atoms with Crippen LogP contribution >= 0.6 is 0 Å². The van der Waals surface area contributed by atoms with Gasteiger partial charge in [0.25, 0.3) is 0 Å². The molecule has 108 valence electrons. The molecule has 1 unspecified atom stereocenters. The van der Waals surface area contributed by atoms with Crippen LogP contribution in [0.5, 0.6) is 0 Å². The minimum absolute atomic E-state index is 0.241. The Morgan fingerprint density at radius 2 is 1.75 bits per heavy atom. The predicted octanol–water partition coefficient (Wildman–Crippen LogP) is 2.96. The minimum Gasteiger partial charge on any atom is -0.393 e. The summed E-state index contributed by atoms with van der Waals surface area (Å²) >= 11 is 0. The second kappa shape index (κ2) is 6.71. The molecule has 1 aromatic heterocycles. The van der Waals surface area contributed by atoms with Crippen LogP contribution in [0.4, 0.5) is 0 Å². The second-order valence-corrected chi connectivity index (χ2v) is 5.49. The van der Waals surface area contributed by atoms with Gasteiger partial charge in [0.2, 0.25) is 0 Å². The van der Waals surface area contributed by atoms with Gasteiger partial charge in [-0.05, 0) is 50.7 Å². The van der Waals surface area contributed by atoms with Crippen LogP contribution in [0.3, 0.4) is 0 Å². The van der Waals surface area contributed by atoms with Gasteiger partial charge in [-0.25, -0.2) is 0 Å². The van der Waals surface area contributed by atoms with E-state index in [4.69, 9.17) is 0 Å². The molecule has 1 heterocycles. The van der Waals surface area contributed by atoms with E-state index in [9.17, 15) is 5.11 Å². The lowest BCUT2D eigenvalue weighted by atomic mass is 10.0. The van der Waals surface area contributed by atoms with E-state index in [1.165, 1.54) is 16.8 Å². The van der Waals surface area contributed by atoms with Crippen molar-refractivity contribution in [2.24, 2.45) is 7.05 Å². The molecule has 3 nitrogen and oxygen atoms in total. The molecular formula is C17H24N2O. The highest BCUT2D eigenvalue weighted by atomic mass is 16.3. The van der Waals surface area contributed by atoms with E-state index in [1.807, 2.05) is 36.9 Å². The van der Waals surface area contributed by atoms with E-state index < -0.39 is 0 Å². The Morgan fingerprint density at radius 1 is 1.10 bits per heavy atom. The highest BCUT2D eigenvalue weighted by molar-refractivity contribution is 5.24. The maximum absolute atomic E-state index is 10.1. The van der Waals surface area contributed by atoms with Crippen LogP contribution in [0.15, 0.2) is 30.3 Å². The van der Waals surface area contributed by atoms with Gasteiger partial charge in [-0.1, -0.05) is 30.3 Å². The Hall–Kier alpha value is -1.61. The van der Waals surface area contributed by atoms with Crippen molar-refractivity contribution in [1.29, 1.82) is 0 Å². The lowest BCUT2D eigenvalue weighted by molar-refractivity contribution is 0.155. The average Bonchev–Trinajstić information content (AvgIpc) is 2.69. The van der Waals surface area contributed by atoms with Crippen molar-refractivity contribution in [3.63, 3.8) is 0 Å². The molecule has 0 bridgehead atoms. The fourth-order valence-electron chi connectivity index (χ4n) is 2.61. The zero-order chi connectivity index (χ0) is 14.5. The zero-order valence-corrected chi connectivity index (χ0v) is 12.6. The van der Waals surface area contributed by atoms with E-state index in [-0.39, 0.29) is 6.10 Å². The van der Waals surface area contributed by atoms with Crippen LogP contribution in [0.1, 0.15) is 35.4 Å². The average molecular weight is 272 g/mol. The third-order valence-corrected chi connectivity index (χ3v) is 4.00. The predicted molar refractivity (Wildman–Crippen MR) is 81.8 cm³/mol. The van der Waals surface area contributed by atoms with Gasteiger partial charge in [-0.2, -0.15) is 5.10 Å². The van der Waals surface area contributed by atoms with Gasteiger partial charge in [0, 0.05) is 12.7 Å². The Labute approximate surface area is 121 Å². The molecule has 2 aromatic rings. The van der Waals surface area contributed by atoms with Crippen molar-refractivity contribution in [2.45, 2.75) is 45.6 Å². The van der Waals surface area contributed by atoms with E-state index in [2.05, 4.69) is 24.2 Å². The summed E-state index contributed by atoms with van der Waals surface area (Å²) in [7, 11) is 1.97. The third-order valence-electron chi connectivity index (χ3n) is 4.00. The number of nitrogens with zero attached hydrogens (tertiary/aromatic N) is 2. The Balaban J connectivity index is 1.82. The normalized spacial score (nSPS) is 12.6. The lowest BCUT2D eigenvalue weighted by Gasteiger charge is -2.10. The Morgan fingerprint density at radius 3 is 2.35 bits per heavy atom. The number of aryl methyl sites for hydroxylation is 3. The molecule has 0 fully saturated rings. The quantitative estimate of drug-likeness (QED) is 0.878. The van der Waals surface area contributed by atoms with Gasteiger partial charge in [0.05, 0.1) is 11.8 Å². The SMILES string of the molecule is Cc1nn(C)c(C)c1CCC(O)CCc1ccccc1. The zero-order valence-electron chi connectivity index (χ0n) is 12.6. The van der Waals surface area contributed by atoms with E-state index >= 15 is 0 Å². The molecule has 0 aliphatic carbocycles. The van der Waals surface area contributed by atoms with Gasteiger partial charge in [-0.15, -0.1) is 0 Å². The number of aromatic nitrogens is 2. The van der Waals surface area contributed by atoms with E-state index in [0.29, 0.717) is 0 Å². The molecule has 1 atom stereocenters. The molecule has 0 aliphatic heterocycles. The van der Waals surface area contributed by atoms with Crippen molar-refractivity contribution >= 4 is 0 Å². The summed E-state index contributed by atoms with van der Waals surface area (Å²) in [6.07, 6.45) is 3.23. The number of aliphatic hydroxyl groups is 1. The highest BCUT2D eigenvalue weighted by Crippen LogP contribution is 2.16. The molecule has 1 aromatic carbocycles. The number of benzene rings is 1. The van der Waals surface area contributed by atoms with Gasteiger partial charge < -0.3 is 5.11 Å². The van der Waals surface area contributed by atoms with Gasteiger partial charge in [0.15, 0.2) is 0 Å². The van der Waals surface area contributed by atoms with Crippen molar-refractivity contribution in [2.75, 3.05) is 0 Å². The Bertz CT molecular complexity index is 546. The molecule has 0 saturated carbocycles. The van der Waals surface area contributed by atoms with Crippen LogP contribution in [-0.4, -0.2) is 21.0 Å². The van der Waals surface area contributed by atoms with Crippen molar-refractivity contribution in [1.82, 2.24) is 9.78 Å². The number of rotatable bonds is 6. The molecule has 2 rings (SSSR count). The molecule has 20 heavy (non-hydrogen) atoms. The largest absolute Gasteiger partial charge is 0.393 e. The molecule has 0 aliphatic rings. The van der Waals surface area contributed by atoms with Crippen LogP contribution in [0, 0.1) is 13.8 Å². The lowest BCUT2D eigenvalue weighted by Crippen LogP contribution is -2.10. The molecule has 0 amide bonds. The molecule has 0 saturated heterocycles. The summed E-state index contributed by atoms with van der Waals surface area (Å²) in [5.74, 6) is 0. The number of aliphatic hydroxyl groups excluding tert-OH is 1. The van der Waals surface area contributed by atoms with Crippen molar-refractivity contribution < 1.29 is 5.11 Å². The third kappa shape index (κ3) is 3.70. The summed E-state index contributed by atoms with van der Waals surface area (Å²) in [6.45, 7) is 4.13. The molecule has 3 heteroatoms. The highest BCUT2D eigenvalue weighted by Gasteiger charge is 2.12. The number of hydrogen-bond acceptors (Lipinski definition) is 2. The Kier molecular flexibility index (Phi) is 4.96. The fourth-order valence-corrected chi connectivity index (χ4v) is 2.61. The first kappa shape index (κ1) is 14.8. The maximum Gasteiger partial charge on any atom is 0.0628 e. The smallest absolute Gasteiger partial charge is 0.0628 e. The molecule has 0 radical (unpaired) electrons. The molecule has 1 N–H and O–H groups in total. The van der Waals surface area contributed by atoms with Crippen molar-refractivity contribution in [3.8, 4) is 0 Å². The molecular weight excluding hydrogens is 248 g/mol. The van der Waals surface area contributed by atoms with Crippen LogP contribution < -0.4 is 0 Å². The van der Waals surface area contributed by atoms with Gasteiger partial charge in [0.1, 0.15) is 0 Å². The summed E-state index contributed by atoms with van der Waals surface area (Å²) in [5, 5.41) is 14.6. The van der Waals surface area contributed by atoms with Crippen LogP contribution in [0.2, 0.25) is 0 Å². The first-order valence-electron chi connectivity index (χ1n) is 7.29. The van der Waals surface area contributed by atoms with Crippen molar-refractivity contribution in [3.05, 3.63) is 52.8 Å². The van der Waals surface area contributed by atoms with E-state index in [1.54, 1.807) is 0 Å². The minimum atomic E-state index is -0.241. The second-order valence-electron chi connectivity index (χ2n) is 5.49. The maximum atomic E-state index is 10.1. The van der Waals surface area contributed by atoms with Crippen LogP contribution in [-0.2, 0) is 19.9 Å². The van der Waals surface area contributed by atoms with Gasteiger partial charge in [-0.3, -0.25) is 4.68 Å². The monoisotopic (exact) mass is 272 g/mol. The molecule has 0 spiro atoms. The summed E-state index contributed by atoms with van der Waals surface area (Å²) in [4.78, 5) is 0.